The van der Waals surface area contributed by atoms with Crippen molar-refractivity contribution in [1.82, 2.24) is 0 Å². The maximum absolute atomic E-state index is 6.19. The van der Waals surface area contributed by atoms with Crippen molar-refractivity contribution in [1.29, 1.82) is 0 Å². The standard InChI is InChI=1S/C18H22N2/c19-17-8-4-5-9-18(17)20-16-12-10-15(11-13-16)14-6-2-1-3-7-14/h1-3,6-7,10-13,17-18,20H,4-5,8-9,19H2. The van der Waals surface area contributed by atoms with Crippen LogP contribution in [0.4, 0.5) is 5.69 Å². The van der Waals surface area contributed by atoms with Crippen molar-refractivity contribution in [2.24, 2.45) is 5.73 Å². The van der Waals surface area contributed by atoms with E-state index >= 15 is 0 Å². The molecule has 0 aromatic heterocycles. The van der Waals surface area contributed by atoms with E-state index in [0.717, 1.165) is 6.42 Å². The topological polar surface area (TPSA) is 38.0 Å². The van der Waals surface area contributed by atoms with Crippen LogP contribution in [0.2, 0.25) is 0 Å². The lowest BCUT2D eigenvalue weighted by Gasteiger charge is -2.30. The fraction of sp³-hybridized carbons (Fsp3) is 0.333. The van der Waals surface area contributed by atoms with E-state index in [-0.39, 0.29) is 6.04 Å². The molecule has 104 valence electrons. The number of hydrogen-bond donors (Lipinski definition) is 2. The highest BCUT2D eigenvalue weighted by Gasteiger charge is 2.21. The van der Waals surface area contributed by atoms with Gasteiger partial charge in [0.1, 0.15) is 0 Å². The minimum Gasteiger partial charge on any atom is -0.381 e. The Bertz CT molecular complexity index is 533. The first-order valence-corrected chi connectivity index (χ1v) is 7.50. The normalized spacial score (nSPS) is 22.4. The fourth-order valence-electron chi connectivity index (χ4n) is 2.94. The second-order valence-corrected chi connectivity index (χ2v) is 5.64. The van der Waals surface area contributed by atoms with Gasteiger partial charge in [-0.15, -0.1) is 0 Å². The van der Waals surface area contributed by atoms with Gasteiger partial charge in [-0.25, -0.2) is 0 Å². The Labute approximate surface area is 121 Å². The van der Waals surface area contributed by atoms with Gasteiger partial charge < -0.3 is 11.1 Å². The summed E-state index contributed by atoms with van der Waals surface area (Å²) in [5, 5.41) is 3.58. The zero-order valence-corrected chi connectivity index (χ0v) is 11.8. The zero-order valence-electron chi connectivity index (χ0n) is 11.8. The maximum Gasteiger partial charge on any atom is 0.0412 e. The van der Waals surface area contributed by atoms with Crippen molar-refractivity contribution in [2.75, 3.05) is 5.32 Å². The average molecular weight is 266 g/mol. The average Bonchev–Trinajstić information content (AvgIpc) is 2.51. The molecule has 2 atom stereocenters. The molecule has 0 bridgehead atoms. The highest BCUT2D eigenvalue weighted by molar-refractivity contribution is 5.65. The molecule has 2 aromatic carbocycles. The predicted molar refractivity (Wildman–Crippen MR) is 85.7 cm³/mol. The molecule has 0 saturated heterocycles. The van der Waals surface area contributed by atoms with Crippen LogP contribution in [0.15, 0.2) is 54.6 Å². The van der Waals surface area contributed by atoms with Crippen LogP contribution >= 0.6 is 0 Å². The van der Waals surface area contributed by atoms with Gasteiger partial charge in [0.2, 0.25) is 0 Å². The predicted octanol–water partition coefficient (Wildman–Crippen LogP) is 4.04. The van der Waals surface area contributed by atoms with E-state index in [1.54, 1.807) is 0 Å². The summed E-state index contributed by atoms with van der Waals surface area (Å²) >= 11 is 0. The van der Waals surface area contributed by atoms with Gasteiger partial charge in [-0.05, 0) is 36.1 Å². The molecule has 1 saturated carbocycles. The third-order valence-corrected chi connectivity index (χ3v) is 4.16. The lowest BCUT2D eigenvalue weighted by Crippen LogP contribution is -2.42. The maximum atomic E-state index is 6.19. The quantitative estimate of drug-likeness (QED) is 0.880. The first kappa shape index (κ1) is 13.2. The summed E-state index contributed by atoms with van der Waals surface area (Å²) in [6.45, 7) is 0. The SMILES string of the molecule is NC1CCCCC1Nc1ccc(-c2ccccc2)cc1. The molecular formula is C18H22N2. The number of hydrogen-bond acceptors (Lipinski definition) is 2. The van der Waals surface area contributed by atoms with Crippen LogP contribution in [0.3, 0.4) is 0 Å². The van der Waals surface area contributed by atoms with E-state index < -0.39 is 0 Å². The van der Waals surface area contributed by atoms with Gasteiger partial charge in [0.05, 0.1) is 0 Å². The molecule has 2 unspecified atom stereocenters. The van der Waals surface area contributed by atoms with Crippen molar-refractivity contribution in [3.63, 3.8) is 0 Å². The lowest BCUT2D eigenvalue weighted by molar-refractivity contribution is 0.404. The molecule has 3 rings (SSSR count). The molecule has 3 N–H and O–H groups in total. The molecule has 20 heavy (non-hydrogen) atoms. The third-order valence-electron chi connectivity index (χ3n) is 4.16. The molecule has 2 nitrogen and oxygen atoms in total. The Morgan fingerprint density at radius 3 is 2.15 bits per heavy atom. The summed E-state index contributed by atoms with van der Waals surface area (Å²) < 4.78 is 0. The molecule has 0 spiro atoms. The van der Waals surface area contributed by atoms with Crippen molar-refractivity contribution in [3.05, 3.63) is 54.6 Å². The minimum absolute atomic E-state index is 0.289. The van der Waals surface area contributed by atoms with Crippen LogP contribution < -0.4 is 11.1 Å². The van der Waals surface area contributed by atoms with Crippen LogP contribution in [0.25, 0.3) is 11.1 Å². The Hall–Kier alpha value is -1.80. The highest BCUT2D eigenvalue weighted by Crippen LogP contribution is 2.24. The minimum atomic E-state index is 0.289. The molecule has 0 aliphatic heterocycles. The second-order valence-electron chi connectivity index (χ2n) is 5.64. The zero-order chi connectivity index (χ0) is 13.8. The lowest BCUT2D eigenvalue weighted by atomic mass is 9.91. The van der Waals surface area contributed by atoms with E-state index in [2.05, 4.69) is 53.8 Å². The number of rotatable bonds is 3. The van der Waals surface area contributed by atoms with E-state index in [9.17, 15) is 0 Å². The summed E-state index contributed by atoms with van der Waals surface area (Å²) in [4.78, 5) is 0. The van der Waals surface area contributed by atoms with Gasteiger partial charge in [0.15, 0.2) is 0 Å². The number of benzene rings is 2. The largest absolute Gasteiger partial charge is 0.381 e. The Morgan fingerprint density at radius 1 is 0.800 bits per heavy atom. The molecule has 2 heteroatoms. The van der Waals surface area contributed by atoms with E-state index in [0.29, 0.717) is 6.04 Å². The Morgan fingerprint density at radius 2 is 1.45 bits per heavy atom. The summed E-state index contributed by atoms with van der Waals surface area (Å²) in [6, 6.07) is 19.8. The molecule has 0 heterocycles. The summed E-state index contributed by atoms with van der Waals surface area (Å²) in [6.07, 6.45) is 4.88. The second kappa shape index (κ2) is 6.10. The van der Waals surface area contributed by atoms with E-state index in [4.69, 9.17) is 5.73 Å². The summed E-state index contributed by atoms with van der Waals surface area (Å²) in [5.74, 6) is 0. The Balaban J connectivity index is 1.70. The van der Waals surface area contributed by atoms with Crippen molar-refractivity contribution >= 4 is 5.69 Å². The number of nitrogens with one attached hydrogen (secondary N) is 1. The smallest absolute Gasteiger partial charge is 0.0412 e. The van der Waals surface area contributed by atoms with Crippen molar-refractivity contribution in [3.8, 4) is 11.1 Å². The summed E-state index contributed by atoms with van der Waals surface area (Å²) in [7, 11) is 0. The molecule has 0 amide bonds. The van der Waals surface area contributed by atoms with Crippen LogP contribution in [0, 0.1) is 0 Å². The van der Waals surface area contributed by atoms with Crippen molar-refractivity contribution < 1.29 is 0 Å². The Kier molecular flexibility index (Phi) is 4.03. The first-order chi connectivity index (χ1) is 9.83. The third kappa shape index (κ3) is 3.02. The molecule has 1 fully saturated rings. The highest BCUT2D eigenvalue weighted by atomic mass is 15.0. The van der Waals surface area contributed by atoms with Gasteiger partial charge in [-0.2, -0.15) is 0 Å². The molecule has 1 aliphatic carbocycles. The van der Waals surface area contributed by atoms with E-state index in [1.807, 2.05) is 6.07 Å². The molecular weight excluding hydrogens is 244 g/mol. The monoisotopic (exact) mass is 266 g/mol. The number of anilines is 1. The molecule has 0 radical (unpaired) electrons. The van der Waals surface area contributed by atoms with Crippen molar-refractivity contribution in [2.45, 2.75) is 37.8 Å². The van der Waals surface area contributed by atoms with Gasteiger partial charge in [0, 0.05) is 17.8 Å². The first-order valence-electron chi connectivity index (χ1n) is 7.50. The van der Waals surface area contributed by atoms with E-state index in [1.165, 1.54) is 36.1 Å². The van der Waals surface area contributed by atoms with Crippen LogP contribution in [0.1, 0.15) is 25.7 Å². The van der Waals surface area contributed by atoms with Gasteiger partial charge in [0.25, 0.3) is 0 Å². The van der Waals surface area contributed by atoms with Crippen LogP contribution in [-0.4, -0.2) is 12.1 Å². The number of nitrogens with two attached hydrogens (primary N) is 1. The van der Waals surface area contributed by atoms with Crippen LogP contribution in [-0.2, 0) is 0 Å². The van der Waals surface area contributed by atoms with Crippen LogP contribution in [0.5, 0.6) is 0 Å². The molecule has 2 aromatic rings. The summed E-state index contributed by atoms with van der Waals surface area (Å²) in [5.41, 5.74) is 9.87. The molecule has 1 aliphatic rings. The fourth-order valence-corrected chi connectivity index (χ4v) is 2.94. The van der Waals surface area contributed by atoms with Gasteiger partial charge >= 0.3 is 0 Å². The van der Waals surface area contributed by atoms with Gasteiger partial charge in [-0.3, -0.25) is 0 Å². The van der Waals surface area contributed by atoms with Gasteiger partial charge in [-0.1, -0.05) is 55.3 Å².